The molecule has 1 aromatic carbocycles. The SMILES string of the molecule is COc1cc(C)c(C(C)(O)C2CC2)cc1C. The number of benzene rings is 1. The predicted octanol–water partition coefficient (Wildman–Crippen LogP) is 2.93. The van der Waals surface area contributed by atoms with Crippen LogP contribution in [0, 0.1) is 19.8 Å². The van der Waals surface area contributed by atoms with Gasteiger partial charge < -0.3 is 9.84 Å². The fraction of sp³-hybridized carbons (Fsp3) is 0.571. The molecular formula is C14H20O2. The monoisotopic (exact) mass is 220 g/mol. The van der Waals surface area contributed by atoms with Crippen molar-refractivity contribution in [2.45, 2.75) is 39.2 Å². The van der Waals surface area contributed by atoms with Crippen LogP contribution < -0.4 is 4.74 Å². The van der Waals surface area contributed by atoms with Gasteiger partial charge in [0.15, 0.2) is 0 Å². The Balaban J connectivity index is 2.45. The molecule has 2 rings (SSSR count). The lowest BCUT2D eigenvalue weighted by molar-refractivity contribution is 0.0323. The van der Waals surface area contributed by atoms with Crippen LogP contribution in [0.1, 0.15) is 36.5 Å². The van der Waals surface area contributed by atoms with Crippen molar-refractivity contribution < 1.29 is 9.84 Å². The van der Waals surface area contributed by atoms with Crippen LogP contribution >= 0.6 is 0 Å². The summed E-state index contributed by atoms with van der Waals surface area (Å²) in [6.07, 6.45) is 2.27. The Morgan fingerprint density at radius 2 is 1.88 bits per heavy atom. The van der Waals surface area contributed by atoms with Gasteiger partial charge in [0.25, 0.3) is 0 Å². The van der Waals surface area contributed by atoms with Crippen molar-refractivity contribution >= 4 is 0 Å². The summed E-state index contributed by atoms with van der Waals surface area (Å²) < 4.78 is 5.29. The first-order valence-corrected chi connectivity index (χ1v) is 5.85. The Bertz CT molecular complexity index is 403. The van der Waals surface area contributed by atoms with Crippen LogP contribution in [0.25, 0.3) is 0 Å². The molecule has 1 N–H and O–H groups in total. The summed E-state index contributed by atoms with van der Waals surface area (Å²) in [4.78, 5) is 0. The van der Waals surface area contributed by atoms with E-state index in [1.807, 2.05) is 26.8 Å². The van der Waals surface area contributed by atoms with E-state index in [0.29, 0.717) is 5.92 Å². The first-order valence-electron chi connectivity index (χ1n) is 5.85. The van der Waals surface area contributed by atoms with Gasteiger partial charge in [0, 0.05) is 0 Å². The van der Waals surface area contributed by atoms with Crippen LogP contribution in [0.4, 0.5) is 0 Å². The minimum absolute atomic E-state index is 0.430. The first-order chi connectivity index (χ1) is 7.46. The number of ether oxygens (including phenoxy) is 1. The minimum Gasteiger partial charge on any atom is -0.496 e. The summed E-state index contributed by atoms with van der Waals surface area (Å²) in [6.45, 7) is 5.98. The third-order valence-corrected chi connectivity index (χ3v) is 3.66. The van der Waals surface area contributed by atoms with Gasteiger partial charge in [0.1, 0.15) is 5.75 Å². The maximum atomic E-state index is 10.6. The number of methoxy groups -OCH3 is 1. The highest BCUT2D eigenvalue weighted by atomic mass is 16.5. The predicted molar refractivity (Wildman–Crippen MR) is 64.8 cm³/mol. The Kier molecular flexibility index (Phi) is 2.70. The van der Waals surface area contributed by atoms with Crippen molar-refractivity contribution in [3.05, 3.63) is 28.8 Å². The first kappa shape index (κ1) is 11.5. The van der Waals surface area contributed by atoms with Crippen LogP contribution in [0.3, 0.4) is 0 Å². The smallest absolute Gasteiger partial charge is 0.122 e. The van der Waals surface area contributed by atoms with Crippen LogP contribution in [0.15, 0.2) is 12.1 Å². The average molecular weight is 220 g/mol. The second-order valence-electron chi connectivity index (χ2n) is 5.06. The van der Waals surface area contributed by atoms with E-state index in [9.17, 15) is 5.11 Å². The molecule has 0 bridgehead atoms. The lowest BCUT2D eigenvalue weighted by Gasteiger charge is -2.26. The number of hydrogen-bond donors (Lipinski definition) is 1. The van der Waals surface area contributed by atoms with Crippen LogP contribution in [-0.2, 0) is 5.60 Å². The molecule has 16 heavy (non-hydrogen) atoms. The van der Waals surface area contributed by atoms with Gasteiger partial charge in [-0.15, -0.1) is 0 Å². The van der Waals surface area contributed by atoms with Crippen molar-refractivity contribution in [2.75, 3.05) is 7.11 Å². The van der Waals surface area contributed by atoms with E-state index in [0.717, 1.165) is 35.3 Å². The highest BCUT2D eigenvalue weighted by Gasteiger charge is 2.42. The average Bonchev–Trinajstić information content (AvgIpc) is 3.04. The van der Waals surface area contributed by atoms with Gasteiger partial charge in [0.2, 0.25) is 0 Å². The Morgan fingerprint density at radius 3 is 2.38 bits per heavy atom. The summed E-state index contributed by atoms with van der Waals surface area (Å²) in [6, 6.07) is 4.08. The van der Waals surface area contributed by atoms with Gasteiger partial charge in [-0.25, -0.2) is 0 Å². The van der Waals surface area contributed by atoms with Gasteiger partial charge in [0.05, 0.1) is 12.7 Å². The zero-order chi connectivity index (χ0) is 11.9. The molecule has 2 heteroatoms. The maximum Gasteiger partial charge on any atom is 0.122 e. The molecule has 0 aliphatic heterocycles. The molecule has 88 valence electrons. The molecule has 0 spiro atoms. The quantitative estimate of drug-likeness (QED) is 0.848. The van der Waals surface area contributed by atoms with Crippen molar-refractivity contribution in [2.24, 2.45) is 5.92 Å². The molecule has 0 heterocycles. The summed E-state index contributed by atoms with van der Waals surface area (Å²) >= 11 is 0. The minimum atomic E-state index is -0.679. The largest absolute Gasteiger partial charge is 0.496 e. The van der Waals surface area contributed by atoms with E-state index in [1.54, 1.807) is 7.11 Å². The zero-order valence-electron chi connectivity index (χ0n) is 10.5. The van der Waals surface area contributed by atoms with E-state index in [2.05, 4.69) is 6.07 Å². The lowest BCUT2D eigenvalue weighted by atomic mass is 9.86. The number of aliphatic hydroxyl groups is 1. The molecule has 1 aliphatic carbocycles. The molecule has 2 nitrogen and oxygen atoms in total. The van der Waals surface area contributed by atoms with Gasteiger partial charge in [-0.3, -0.25) is 0 Å². The molecular weight excluding hydrogens is 200 g/mol. The van der Waals surface area contributed by atoms with E-state index >= 15 is 0 Å². The summed E-state index contributed by atoms with van der Waals surface area (Å²) in [5.41, 5.74) is 2.57. The van der Waals surface area contributed by atoms with Crippen LogP contribution in [0.5, 0.6) is 5.75 Å². The van der Waals surface area contributed by atoms with Crippen LogP contribution in [0.2, 0.25) is 0 Å². The Labute approximate surface area is 97.3 Å². The second-order valence-corrected chi connectivity index (χ2v) is 5.06. The van der Waals surface area contributed by atoms with Gasteiger partial charge in [-0.1, -0.05) is 0 Å². The second kappa shape index (κ2) is 3.77. The van der Waals surface area contributed by atoms with Crippen molar-refractivity contribution in [3.63, 3.8) is 0 Å². The maximum absolute atomic E-state index is 10.6. The molecule has 0 amide bonds. The van der Waals surface area contributed by atoms with Gasteiger partial charge in [-0.2, -0.15) is 0 Å². The standard InChI is InChI=1S/C14H20O2/c1-9-8-13(16-4)10(2)7-12(9)14(3,15)11-5-6-11/h7-8,11,15H,5-6H2,1-4H3. The fourth-order valence-corrected chi connectivity index (χ4v) is 2.42. The van der Waals surface area contributed by atoms with Gasteiger partial charge in [-0.05, 0) is 68.4 Å². The summed E-state index contributed by atoms with van der Waals surface area (Å²) in [7, 11) is 1.68. The highest BCUT2D eigenvalue weighted by Crippen LogP contribution is 2.46. The van der Waals surface area contributed by atoms with E-state index in [-0.39, 0.29) is 0 Å². The van der Waals surface area contributed by atoms with Crippen molar-refractivity contribution in [1.82, 2.24) is 0 Å². The van der Waals surface area contributed by atoms with Crippen molar-refractivity contribution in [1.29, 1.82) is 0 Å². The Morgan fingerprint density at radius 1 is 1.25 bits per heavy atom. The molecule has 0 radical (unpaired) electrons. The lowest BCUT2D eigenvalue weighted by Crippen LogP contribution is -2.25. The molecule has 1 saturated carbocycles. The molecule has 0 saturated heterocycles. The zero-order valence-corrected chi connectivity index (χ0v) is 10.5. The summed E-state index contributed by atoms with van der Waals surface area (Å²) in [5.74, 6) is 1.33. The molecule has 1 fully saturated rings. The van der Waals surface area contributed by atoms with E-state index < -0.39 is 5.60 Å². The number of aryl methyl sites for hydroxylation is 2. The normalized spacial score (nSPS) is 19.3. The molecule has 1 atom stereocenters. The molecule has 1 aliphatic rings. The Hall–Kier alpha value is -1.02. The van der Waals surface area contributed by atoms with E-state index in [1.165, 1.54) is 0 Å². The summed E-state index contributed by atoms with van der Waals surface area (Å²) in [5, 5.41) is 10.6. The fourth-order valence-electron chi connectivity index (χ4n) is 2.42. The van der Waals surface area contributed by atoms with Crippen LogP contribution in [-0.4, -0.2) is 12.2 Å². The van der Waals surface area contributed by atoms with Gasteiger partial charge >= 0.3 is 0 Å². The molecule has 1 aromatic rings. The molecule has 0 aromatic heterocycles. The third-order valence-electron chi connectivity index (χ3n) is 3.66. The third kappa shape index (κ3) is 1.82. The molecule has 1 unspecified atom stereocenters. The number of rotatable bonds is 3. The van der Waals surface area contributed by atoms with E-state index in [4.69, 9.17) is 4.74 Å². The highest BCUT2D eigenvalue weighted by molar-refractivity contribution is 5.44. The van der Waals surface area contributed by atoms with Crippen molar-refractivity contribution in [3.8, 4) is 5.75 Å². The number of hydrogen-bond acceptors (Lipinski definition) is 2. The topological polar surface area (TPSA) is 29.5 Å².